The minimum absolute atomic E-state index is 0.517. The topological polar surface area (TPSA) is 40.1 Å². The normalized spacial score (nSPS) is 17.0. The van der Waals surface area contributed by atoms with E-state index in [-0.39, 0.29) is 0 Å². The number of benzene rings is 1. The Balaban J connectivity index is 1.90. The van der Waals surface area contributed by atoms with Crippen LogP contribution in [0.25, 0.3) is 0 Å². The summed E-state index contributed by atoms with van der Waals surface area (Å²) in [5.74, 6) is 0. The zero-order chi connectivity index (χ0) is 13.0. The van der Waals surface area contributed by atoms with Gasteiger partial charge in [-0.05, 0) is 48.0 Å². The molecule has 0 fully saturated rings. The van der Waals surface area contributed by atoms with Gasteiger partial charge in [0.15, 0.2) is 0 Å². The number of hydrogen-bond acceptors (Lipinski definition) is 2. The molecule has 0 radical (unpaired) electrons. The summed E-state index contributed by atoms with van der Waals surface area (Å²) in [6.07, 6.45) is 6.99. The van der Waals surface area contributed by atoms with E-state index < -0.39 is 11.1 Å². The molecular formula is C14H14ClO2S-. The zero-order valence-corrected chi connectivity index (χ0v) is 11.5. The fourth-order valence-electron chi connectivity index (χ4n) is 2.00. The lowest BCUT2D eigenvalue weighted by molar-refractivity contribution is 0.542. The van der Waals surface area contributed by atoms with Crippen molar-refractivity contribution in [3.05, 3.63) is 57.5 Å². The van der Waals surface area contributed by atoms with Gasteiger partial charge in [0.05, 0.1) is 0 Å². The summed E-state index contributed by atoms with van der Waals surface area (Å²) >= 11 is 3.76. The fraction of sp³-hybridized carbons (Fsp3) is 0.286. The van der Waals surface area contributed by atoms with Crippen LogP contribution in [0, 0.1) is 0 Å². The first-order valence-electron chi connectivity index (χ1n) is 5.86. The van der Waals surface area contributed by atoms with Gasteiger partial charge in [-0.1, -0.05) is 41.5 Å². The van der Waals surface area contributed by atoms with Crippen LogP contribution >= 0.6 is 11.6 Å². The van der Waals surface area contributed by atoms with Crippen molar-refractivity contribution in [3.63, 3.8) is 0 Å². The molecule has 0 bridgehead atoms. The second kappa shape index (κ2) is 6.32. The van der Waals surface area contributed by atoms with Crippen molar-refractivity contribution in [1.82, 2.24) is 0 Å². The molecule has 0 amide bonds. The van der Waals surface area contributed by atoms with E-state index in [2.05, 4.69) is 6.08 Å². The molecule has 0 saturated carbocycles. The Labute approximate surface area is 115 Å². The Morgan fingerprint density at radius 2 is 1.89 bits per heavy atom. The van der Waals surface area contributed by atoms with E-state index in [0.29, 0.717) is 11.3 Å². The molecular weight excluding hydrogens is 268 g/mol. The van der Waals surface area contributed by atoms with Crippen LogP contribution < -0.4 is 0 Å². The van der Waals surface area contributed by atoms with Gasteiger partial charge < -0.3 is 4.55 Å². The average Bonchev–Trinajstić information content (AvgIpc) is 2.38. The maximum Gasteiger partial charge on any atom is 0.0406 e. The van der Waals surface area contributed by atoms with Crippen LogP contribution in [0.2, 0.25) is 5.02 Å². The standard InChI is InChI=1S/C14H15ClO2S/c15-13-8-6-11(7-9-13)4-5-12-2-1-3-14(10-12)18(16)17/h2-3,6-9H,1,4-5,10H2,(H,16,17)/p-1. The zero-order valence-electron chi connectivity index (χ0n) is 9.90. The number of rotatable bonds is 4. The second-order valence-electron chi connectivity index (χ2n) is 4.31. The first-order valence-corrected chi connectivity index (χ1v) is 7.31. The molecule has 1 atom stereocenters. The van der Waals surface area contributed by atoms with Gasteiger partial charge in [-0.2, -0.15) is 0 Å². The maximum atomic E-state index is 10.9. The lowest BCUT2D eigenvalue weighted by Crippen LogP contribution is -2.01. The van der Waals surface area contributed by atoms with Crippen LogP contribution in [0.4, 0.5) is 0 Å². The van der Waals surface area contributed by atoms with E-state index in [0.717, 1.165) is 24.3 Å². The minimum atomic E-state index is -2.07. The second-order valence-corrected chi connectivity index (χ2v) is 5.74. The summed E-state index contributed by atoms with van der Waals surface area (Å²) in [5.41, 5.74) is 2.42. The Morgan fingerprint density at radius 3 is 2.56 bits per heavy atom. The quantitative estimate of drug-likeness (QED) is 0.623. The van der Waals surface area contributed by atoms with Gasteiger partial charge >= 0.3 is 0 Å². The molecule has 0 spiro atoms. The van der Waals surface area contributed by atoms with Crippen molar-refractivity contribution >= 4 is 22.7 Å². The molecule has 4 heteroatoms. The van der Waals surface area contributed by atoms with Crippen molar-refractivity contribution in [2.45, 2.75) is 25.7 Å². The molecule has 0 heterocycles. The Hall–Kier alpha value is -0.900. The highest BCUT2D eigenvalue weighted by molar-refractivity contribution is 7.83. The van der Waals surface area contributed by atoms with Crippen molar-refractivity contribution in [3.8, 4) is 0 Å². The van der Waals surface area contributed by atoms with Crippen LogP contribution in [0.1, 0.15) is 24.8 Å². The molecule has 1 aliphatic carbocycles. The highest BCUT2D eigenvalue weighted by Crippen LogP contribution is 2.24. The van der Waals surface area contributed by atoms with Crippen LogP contribution in [-0.2, 0) is 17.5 Å². The predicted octanol–water partition coefficient (Wildman–Crippen LogP) is 3.76. The largest absolute Gasteiger partial charge is 0.769 e. The first-order chi connectivity index (χ1) is 8.65. The fourth-order valence-corrected chi connectivity index (χ4v) is 2.66. The highest BCUT2D eigenvalue weighted by atomic mass is 35.5. The predicted molar refractivity (Wildman–Crippen MR) is 74.1 cm³/mol. The summed E-state index contributed by atoms with van der Waals surface area (Å²) in [6, 6.07) is 7.77. The van der Waals surface area contributed by atoms with Crippen molar-refractivity contribution in [1.29, 1.82) is 0 Å². The summed E-state index contributed by atoms with van der Waals surface area (Å²) in [4.78, 5) is 0.517. The molecule has 0 aromatic heterocycles. The molecule has 2 nitrogen and oxygen atoms in total. The molecule has 1 aliphatic rings. The van der Waals surface area contributed by atoms with E-state index in [4.69, 9.17) is 11.6 Å². The van der Waals surface area contributed by atoms with Gasteiger partial charge in [0.2, 0.25) is 0 Å². The SMILES string of the molecule is O=S([O-])C1=CCC=C(CCc2ccc(Cl)cc2)C1. The van der Waals surface area contributed by atoms with Crippen molar-refractivity contribution in [2.24, 2.45) is 0 Å². The lowest BCUT2D eigenvalue weighted by Gasteiger charge is -2.17. The molecule has 96 valence electrons. The minimum Gasteiger partial charge on any atom is -0.769 e. The smallest absolute Gasteiger partial charge is 0.0406 e. The van der Waals surface area contributed by atoms with Gasteiger partial charge in [-0.25, -0.2) is 0 Å². The molecule has 0 N–H and O–H groups in total. The Kier molecular flexibility index (Phi) is 4.75. The summed E-state index contributed by atoms with van der Waals surface area (Å²) in [6.45, 7) is 0. The third kappa shape index (κ3) is 3.80. The van der Waals surface area contributed by atoms with E-state index in [1.165, 1.54) is 11.1 Å². The van der Waals surface area contributed by atoms with Crippen molar-refractivity contribution < 1.29 is 8.76 Å². The Bertz CT molecular complexity index is 503. The highest BCUT2D eigenvalue weighted by Gasteiger charge is 2.07. The van der Waals surface area contributed by atoms with E-state index in [1.807, 2.05) is 24.3 Å². The van der Waals surface area contributed by atoms with E-state index in [9.17, 15) is 8.76 Å². The monoisotopic (exact) mass is 281 g/mol. The van der Waals surface area contributed by atoms with E-state index in [1.54, 1.807) is 6.08 Å². The van der Waals surface area contributed by atoms with Gasteiger partial charge in [-0.3, -0.25) is 4.21 Å². The number of allylic oxidation sites excluding steroid dienone is 4. The third-order valence-electron chi connectivity index (χ3n) is 3.02. The first kappa shape index (κ1) is 13.5. The maximum absolute atomic E-state index is 10.9. The van der Waals surface area contributed by atoms with Crippen LogP contribution in [0.5, 0.6) is 0 Å². The summed E-state index contributed by atoms with van der Waals surface area (Å²) in [7, 11) is 0. The van der Waals surface area contributed by atoms with Gasteiger partial charge in [0.25, 0.3) is 0 Å². The molecule has 1 unspecified atom stereocenters. The van der Waals surface area contributed by atoms with Gasteiger partial charge in [0.1, 0.15) is 0 Å². The average molecular weight is 282 g/mol. The van der Waals surface area contributed by atoms with Gasteiger partial charge in [-0.15, -0.1) is 0 Å². The van der Waals surface area contributed by atoms with Crippen LogP contribution in [0.3, 0.4) is 0 Å². The van der Waals surface area contributed by atoms with Crippen molar-refractivity contribution in [2.75, 3.05) is 0 Å². The van der Waals surface area contributed by atoms with E-state index >= 15 is 0 Å². The molecule has 2 rings (SSSR count). The Morgan fingerprint density at radius 1 is 1.17 bits per heavy atom. The molecule has 1 aromatic carbocycles. The number of hydrogen-bond donors (Lipinski definition) is 0. The molecule has 0 aliphatic heterocycles. The molecule has 0 saturated heterocycles. The number of aryl methyl sites for hydroxylation is 1. The van der Waals surface area contributed by atoms with Gasteiger partial charge in [0, 0.05) is 16.3 Å². The number of halogens is 1. The molecule has 1 aromatic rings. The molecule has 18 heavy (non-hydrogen) atoms. The summed E-state index contributed by atoms with van der Waals surface area (Å²) < 4.78 is 21.8. The van der Waals surface area contributed by atoms with Crippen LogP contribution in [-0.4, -0.2) is 8.76 Å². The van der Waals surface area contributed by atoms with Crippen LogP contribution in [0.15, 0.2) is 46.9 Å². The third-order valence-corrected chi connectivity index (χ3v) is 4.01. The lowest BCUT2D eigenvalue weighted by atomic mass is 9.98. The summed E-state index contributed by atoms with van der Waals surface area (Å²) in [5, 5.41) is 0.739.